The van der Waals surface area contributed by atoms with Crippen molar-refractivity contribution in [1.29, 1.82) is 0 Å². The molecule has 2 aliphatic rings. The molecule has 0 radical (unpaired) electrons. The molecule has 9 nitrogen and oxygen atoms in total. The number of rotatable bonds is 5. The molecule has 1 saturated carbocycles. The number of urea groups is 1. The SMILES string of the molecule is COCCNC(=O)N1Cc2c(-c3noc(C4CC4)n3)ncn2-c2ccccc21. The first-order valence-electron chi connectivity index (χ1n) is 9.30. The lowest BCUT2D eigenvalue weighted by atomic mass is 10.1. The summed E-state index contributed by atoms with van der Waals surface area (Å²) in [5.41, 5.74) is 3.19. The fourth-order valence-corrected chi connectivity index (χ4v) is 3.41. The van der Waals surface area contributed by atoms with Gasteiger partial charge in [0, 0.05) is 19.6 Å². The highest BCUT2D eigenvalue weighted by atomic mass is 16.5. The second kappa shape index (κ2) is 6.75. The Morgan fingerprint density at radius 2 is 2.14 bits per heavy atom. The van der Waals surface area contributed by atoms with Crippen molar-refractivity contribution in [2.45, 2.75) is 25.3 Å². The minimum Gasteiger partial charge on any atom is -0.383 e. The zero-order chi connectivity index (χ0) is 19.1. The van der Waals surface area contributed by atoms with Gasteiger partial charge in [0.1, 0.15) is 12.0 Å². The average molecular weight is 380 g/mol. The zero-order valence-electron chi connectivity index (χ0n) is 15.5. The predicted molar refractivity (Wildman–Crippen MR) is 100 cm³/mol. The monoisotopic (exact) mass is 380 g/mol. The van der Waals surface area contributed by atoms with E-state index in [4.69, 9.17) is 9.26 Å². The molecule has 144 valence electrons. The van der Waals surface area contributed by atoms with Gasteiger partial charge < -0.3 is 14.6 Å². The van der Waals surface area contributed by atoms with Gasteiger partial charge in [-0.15, -0.1) is 0 Å². The highest BCUT2D eigenvalue weighted by Gasteiger charge is 2.33. The Morgan fingerprint density at radius 3 is 2.93 bits per heavy atom. The van der Waals surface area contributed by atoms with E-state index in [1.807, 2.05) is 28.8 Å². The number of nitrogens with one attached hydrogen (secondary N) is 1. The number of fused-ring (bicyclic) bond motifs is 3. The lowest BCUT2D eigenvalue weighted by Crippen LogP contribution is -2.43. The Labute approximate surface area is 161 Å². The summed E-state index contributed by atoms with van der Waals surface area (Å²) in [5.74, 6) is 1.51. The molecule has 28 heavy (non-hydrogen) atoms. The first kappa shape index (κ1) is 16.9. The maximum Gasteiger partial charge on any atom is 0.322 e. The van der Waals surface area contributed by atoms with Crippen LogP contribution in [0.25, 0.3) is 17.2 Å². The second-order valence-electron chi connectivity index (χ2n) is 6.94. The second-order valence-corrected chi connectivity index (χ2v) is 6.94. The molecule has 1 aromatic carbocycles. The van der Waals surface area contributed by atoms with Gasteiger partial charge in [-0.05, 0) is 25.0 Å². The summed E-state index contributed by atoms with van der Waals surface area (Å²) in [6.07, 6.45) is 3.92. The molecular formula is C19H20N6O3. The number of nitrogens with zero attached hydrogens (tertiary/aromatic N) is 5. The summed E-state index contributed by atoms with van der Waals surface area (Å²) in [6.45, 7) is 1.26. The number of methoxy groups -OCH3 is 1. The van der Waals surface area contributed by atoms with Crippen molar-refractivity contribution >= 4 is 11.7 Å². The third-order valence-corrected chi connectivity index (χ3v) is 5.01. The Morgan fingerprint density at radius 1 is 1.32 bits per heavy atom. The smallest absolute Gasteiger partial charge is 0.322 e. The number of anilines is 1. The molecule has 1 aliphatic carbocycles. The quantitative estimate of drug-likeness (QED) is 0.683. The number of ether oxygens (including phenoxy) is 1. The molecule has 0 saturated heterocycles. The van der Waals surface area contributed by atoms with Gasteiger partial charge >= 0.3 is 6.03 Å². The first-order chi connectivity index (χ1) is 13.8. The fraction of sp³-hybridized carbons (Fsp3) is 0.368. The highest BCUT2D eigenvalue weighted by Crippen LogP contribution is 2.40. The zero-order valence-corrected chi connectivity index (χ0v) is 15.5. The number of para-hydroxylation sites is 2. The third kappa shape index (κ3) is 2.84. The van der Waals surface area contributed by atoms with Crippen LogP contribution in [-0.2, 0) is 11.3 Å². The van der Waals surface area contributed by atoms with Crippen molar-refractivity contribution in [3.05, 3.63) is 42.2 Å². The number of carbonyl (C=O) groups excluding carboxylic acids is 1. The number of imidazole rings is 1. The van der Waals surface area contributed by atoms with Gasteiger partial charge in [-0.25, -0.2) is 9.78 Å². The molecule has 0 atom stereocenters. The van der Waals surface area contributed by atoms with E-state index in [2.05, 4.69) is 20.4 Å². The molecule has 2 amide bonds. The summed E-state index contributed by atoms with van der Waals surface area (Å²) in [6, 6.07) is 7.56. The normalized spacial score (nSPS) is 15.2. The molecule has 3 aromatic rings. The fourth-order valence-electron chi connectivity index (χ4n) is 3.41. The van der Waals surface area contributed by atoms with Crippen LogP contribution in [0.15, 0.2) is 35.1 Å². The van der Waals surface area contributed by atoms with E-state index in [1.165, 1.54) is 0 Å². The third-order valence-electron chi connectivity index (χ3n) is 5.01. The van der Waals surface area contributed by atoms with E-state index in [0.717, 1.165) is 29.9 Å². The first-order valence-corrected chi connectivity index (χ1v) is 9.30. The van der Waals surface area contributed by atoms with Crippen molar-refractivity contribution in [1.82, 2.24) is 25.0 Å². The molecule has 1 fully saturated rings. The predicted octanol–water partition coefficient (Wildman–Crippen LogP) is 2.48. The summed E-state index contributed by atoms with van der Waals surface area (Å²) in [7, 11) is 1.61. The number of carbonyl (C=O) groups is 1. The molecule has 3 heterocycles. The van der Waals surface area contributed by atoms with Crippen molar-refractivity contribution in [3.63, 3.8) is 0 Å². The lowest BCUT2D eigenvalue weighted by molar-refractivity contribution is 0.197. The van der Waals surface area contributed by atoms with Crippen LogP contribution in [0.4, 0.5) is 10.5 Å². The molecule has 0 spiro atoms. The van der Waals surface area contributed by atoms with Gasteiger partial charge in [-0.1, -0.05) is 17.3 Å². The lowest BCUT2D eigenvalue weighted by Gasteiger charge is -2.30. The number of benzene rings is 1. The highest BCUT2D eigenvalue weighted by molar-refractivity contribution is 5.95. The van der Waals surface area contributed by atoms with Gasteiger partial charge in [0.15, 0.2) is 0 Å². The van der Waals surface area contributed by atoms with E-state index in [-0.39, 0.29) is 6.03 Å². The van der Waals surface area contributed by atoms with E-state index >= 15 is 0 Å². The van der Waals surface area contributed by atoms with Crippen molar-refractivity contribution in [2.75, 3.05) is 25.2 Å². The number of hydrogen-bond donors (Lipinski definition) is 1. The van der Waals surface area contributed by atoms with Crippen LogP contribution in [0, 0.1) is 0 Å². The van der Waals surface area contributed by atoms with E-state index < -0.39 is 0 Å². The van der Waals surface area contributed by atoms with Gasteiger partial charge in [-0.3, -0.25) is 9.47 Å². The molecule has 2 aromatic heterocycles. The molecule has 9 heteroatoms. The minimum atomic E-state index is -0.185. The Bertz CT molecular complexity index is 1020. The van der Waals surface area contributed by atoms with Crippen molar-refractivity contribution in [2.24, 2.45) is 0 Å². The summed E-state index contributed by atoms with van der Waals surface area (Å²) >= 11 is 0. The van der Waals surface area contributed by atoms with Crippen LogP contribution in [-0.4, -0.2) is 46.0 Å². The molecule has 5 rings (SSSR count). The topological polar surface area (TPSA) is 98.3 Å². The molecule has 0 bridgehead atoms. The summed E-state index contributed by atoms with van der Waals surface area (Å²) in [5, 5.41) is 7.00. The standard InChI is InChI=1S/C19H20N6O3/c1-27-9-8-20-19(26)24-10-15-16(17-22-18(28-23-17)12-6-7-12)21-11-25(15)14-5-3-2-4-13(14)24/h2-5,11-12H,6-10H2,1H3,(H,20,26). The van der Waals surface area contributed by atoms with Gasteiger partial charge in [0.25, 0.3) is 0 Å². The molecule has 1 aliphatic heterocycles. The Balaban J connectivity index is 1.51. The van der Waals surface area contributed by atoms with Crippen molar-refractivity contribution < 1.29 is 14.1 Å². The molecule has 1 N–H and O–H groups in total. The Hall–Kier alpha value is -3.20. The van der Waals surface area contributed by atoms with Gasteiger partial charge in [0.2, 0.25) is 11.7 Å². The van der Waals surface area contributed by atoms with Crippen LogP contribution in [0.1, 0.15) is 30.3 Å². The number of amides is 2. The number of aromatic nitrogens is 4. The summed E-state index contributed by atoms with van der Waals surface area (Å²) in [4.78, 5) is 23.5. The number of hydrogen-bond acceptors (Lipinski definition) is 6. The average Bonchev–Trinajstić information content (AvgIpc) is 3.29. The maximum absolute atomic E-state index is 12.8. The largest absolute Gasteiger partial charge is 0.383 e. The molecule has 0 unspecified atom stereocenters. The van der Waals surface area contributed by atoms with E-state index in [1.54, 1.807) is 18.3 Å². The van der Waals surface area contributed by atoms with Gasteiger partial charge in [0.05, 0.1) is 30.2 Å². The van der Waals surface area contributed by atoms with Crippen LogP contribution in [0.2, 0.25) is 0 Å². The maximum atomic E-state index is 12.8. The van der Waals surface area contributed by atoms with Gasteiger partial charge in [-0.2, -0.15) is 4.98 Å². The van der Waals surface area contributed by atoms with E-state index in [0.29, 0.717) is 43.0 Å². The van der Waals surface area contributed by atoms with E-state index in [9.17, 15) is 4.79 Å². The van der Waals surface area contributed by atoms with Crippen LogP contribution < -0.4 is 10.2 Å². The van der Waals surface area contributed by atoms with Crippen LogP contribution in [0.5, 0.6) is 0 Å². The minimum absolute atomic E-state index is 0.185. The molecular weight excluding hydrogens is 360 g/mol. The Kier molecular flexibility index (Phi) is 4.09. The van der Waals surface area contributed by atoms with Crippen molar-refractivity contribution in [3.8, 4) is 17.2 Å². The van der Waals surface area contributed by atoms with Crippen LogP contribution in [0.3, 0.4) is 0 Å². The summed E-state index contributed by atoms with van der Waals surface area (Å²) < 4.78 is 12.4. The van der Waals surface area contributed by atoms with Crippen LogP contribution >= 0.6 is 0 Å².